The Balaban J connectivity index is 1.53. The van der Waals surface area contributed by atoms with Crippen LogP contribution in [0.25, 0.3) is 0 Å². The molecule has 1 aliphatic heterocycles. The molecule has 0 unspecified atom stereocenters. The number of nitrogens with zero attached hydrogens (tertiary/aromatic N) is 1. The van der Waals surface area contributed by atoms with Crippen LogP contribution in [0.4, 0.5) is 14.5 Å². The third-order valence-electron chi connectivity index (χ3n) is 4.80. The molecule has 0 aromatic heterocycles. The molecule has 0 bridgehead atoms. The maximum Gasteiger partial charge on any atom is 0.227 e. The summed E-state index contributed by atoms with van der Waals surface area (Å²) in [5.41, 5.74) is 2.61. The van der Waals surface area contributed by atoms with Crippen molar-refractivity contribution in [2.45, 2.75) is 26.3 Å². The second kappa shape index (κ2) is 7.74. The van der Waals surface area contributed by atoms with Gasteiger partial charge >= 0.3 is 0 Å². The van der Waals surface area contributed by atoms with Crippen molar-refractivity contribution in [3.05, 3.63) is 65.2 Å². The summed E-state index contributed by atoms with van der Waals surface area (Å²) in [5.74, 6) is -1.73. The fourth-order valence-corrected chi connectivity index (χ4v) is 3.21. The van der Waals surface area contributed by atoms with E-state index in [4.69, 9.17) is 0 Å². The zero-order valence-corrected chi connectivity index (χ0v) is 14.3. The van der Waals surface area contributed by atoms with E-state index in [-0.39, 0.29) is 17.5 Å². The van der Waals surface area contributed by atoms with Crippen LogP contribution in [-0.4, -0.2) is 23.9 Å². The van der Waals surface area contributed by atoms with Crippen molar-refractivity contribution in [2.24, 2.45) is 5.92 Å². The first-order valence-corrected chi connectivity index (χ1v) is 8.55. The van der Waals surface area contributed by atoms with Crippen LogP contribution in [0.1, 0.15) is 24.0 Å². The van der Waals surface area contributed by atoms with Crippen molar-refractivity contribution in [1.29, 1.82) is 0 Å². The standard InChI is InChI=1S/C20H22F2N2O/c1-14-4-2-3-5-16(14)13-24-10-8-15(9-11-24)20(25)23-19-7-6-17(21)12-18(19)22/h2-7,12,15H,8-11,13H2,1H3,(H,23,25). The molecule has 132 valence electrons. The molecule has 2 aromatic carbocycles. The number of hydrogen-bond donors (Lipinski definition) is 1. The Bertz CT molecular complexity index is 755. The number of carbonyl (C=O) groups excluding carboxylic acids is 1. The Hall–Kier alpha value is -2.27. The lowest BCUT2D eigenvalue weighted by Gasteiger charge is -2.31. The minimum Gasteiger partial charge on any atom is -0.323 e. The number of hydrogen-bond acceptors (Lipinski definition) is 2. The first-order chi connectivity index (χ1) is 12.0. The smallest absolute Gasteiger partial charge is 0.227 e. The molecule has 3 nitrogen and oxygen atoms in total. The second-order valence-corrected chi connectivity index (χ2v) is 6.59. The van der Waals surface area contributed by atoms with Gasteiger partial charge in [0.2, 0.25) is 5.91 Å². The zero-order chi connectivity index (χ0) is 17.8. The maximum atomic E-state index is 13.7. The maximum absolute atomic E-state index is 13.7. The summed E-state index contributed by atoms with van der Waals surface area (Å²) in [7, 11) is 0. The van der Waals surface area contributed by atoms with Gasteiger partial charge in [0.25, 0.3) is 0 Å². The molecular formula is C20H22F2N2O. The highest BCUT2D eigenvalue weighted by Gasteiger charge is 2.25. The van der Waals surface area contributed by atoms with Crippen LogP contribution in [0.15, 0.2) is 42.5 Å². The number of nitrogens with one attached hydrogen (secondary N) is 1. The van der Waals surface area contributed by atoms with E-state index in [1.807, 2.05) is 12.1 Å². The lowest BCUT2D eigenvalue weighted by molar-refractivity contribution is -0.121. The SMILES string of the molecule is Cc1ccccc1CN1CCC(C(=O)Nc2ccc(F)cc2F)CC1. The molecule has 1 N–H and O–H groups in total. The molecule has 25 heavy (non-hydrogen) atoms. The Kier molecular flexibility index (Phi) is 5.43. The summed E-state index contributed by atoms with van der Waals surface area (Å²) < 4.78 is 26.6. The number of aryl methyl sites for hydroxylation is 1. The van der Waals surface area contributed by atoms with Gasteiger partial charge in [-0.2, -0.15) is 0 Å². The van der Waals surface area contributed by atoms with Crippen LogP contribution in [-0.2, 0) is 11.3 Å². The molecular weight excluding hydrogens is 322 g/mol. The highest BCUT2D eigenvalue weighted by atomic mass is 19.1. The van der Waals surface area contributed by atoms with Crippen LogP contribution in [0.5, 0.6) is 0 Å². The van der Waals surface area contributed by atoms with Crippen LogP contribution >= 0.6 is 0 Å². The van der Waals surface area contributed by atoms with E-state index in [9.17, 15) is 13.6 Å². The van der Waals surface area contributed by atoms with E-state index in [1.54, 1.807) is 0 Å². The van der Waals surface area contributed by atoms with Crippen molar-refractivity contribution >= 4 is 11.6 Å². The van der Waals surface area contributed by atoms with Gasteiger partial charge in [0.15, 0.2) is 0 Å². The lowest BCUT2D eigenvalue weighted by atomic mass is 9.95. The van der Waals surface area contributed by atoms with E-state index in [1.165, 1.54) is 17.2 Å². The van der Waals surface area contributed by atoms with Gasteiger partial charge in [-0.15, -0.1) is 0 Å². The van der Waals surface area contributed by atoms with Gasteiger partial charge in [0, 0.05) is 18.5 Å². The van der Waals surface area contributed by atoms with Gasteiger partial charge in [-0.05, 0) is 56.1 Å². The van der Waals surface area contributed by atoms with E-state index in [2.05, 4.69) is 29.3 Å². The Morgan fingerprint density at radius 1 is 1.16 bits per heavy atom. The van der Waals surface area contributed by atoms with E-state index in [0.29, 0.717) is 0 Å². The van der Waals surface area contributed by atoms with Crippen molar-refractivity contribution in [3.8, 4) is 0 Å². The molecule has 0 saturated carbocycles. The normalized spacial score (nSPS) is 16.0. The molecule has 2 aromatic rings. The zero-order valence-electron chi connectivity index (χ0n) is 14.3. The number of benzene rings is 2. The van der Waals surface area contributed by atoms with Crippen LogP contribution in [0.2, 0.25) is 0 Å². The van der Waals surface area contributed by atoms with E-state index < -0.39 is 11.6 Å². The van der Waals surface area contributed by atoms with Gasteiger partial charge in [0.05, 0.1) is 5.69 Å². The Morgan fingerprint density at radius 3 is 2.56 bits per heavy atom. The molecule has 0 spiro atoms. The highest BCUT2D eigenvalue weighted by molar-refractivity contribution is 5.92. The van der Waals surface area contributed by atoms with Gasteiger partial charge < -0.3 is 5.32 Å². The summed E-state index contributed by atoms with van der Waals surface area (Å²) in [4.78, 5) is 14.7. The predicted octanol–water partition coefficient (Wildman–Crippen LogP) is 4.12. The Labute approximate surface area is 146 Å². The van der Waals surface area contributed by atoms with Crippen LogP contribution in [0.3, 0.4) is 0 Å². The monoisotopic (exact) mass is 344 g/mol. The van der Waals surface area contributed by atoms with Crippen molar-refractivity contribution in [2.75, 3.05) is 18.4 Å². The van der Waals surface area contributed by atoms with Crippen molar-refractivity contribution in [3.63, 3.8) is 0 Å². The van der Waals surface area contributed by atoms with Crippen molar-refractivity contribution < 1.29 is 13.6 Å². The molecule has 0 radical (unpaired) electrons. The average Bonchev–Trinajstić information content (AvgIpc) is 2.60. The number of piperidine rings is 1. The van der Waals surface area contributed by atoms with E-state index >= 15 is 0 Å². The minimum atomic E-state index is -0.745. The average molecular weight is 344 g/mol. The summed E-state index contributed by atoms with van der Waals surface area (Å²) in [6.45, 7) is 4.65. The summed E-state index contributed by atoms with van der Waals surface area (Å²) in [6.07, 6.45) is 1.47. The number of halogens is 2. The number of anilines is 1. The molecule has 0 aliphatic carbocycles. The molecule has 5 heteroatoms. The van der Waals surface area contributed by atoms with Crippen LogP contribution in [0, 0.1) is 24.5 Å². The molecule has 1 aliphatic rings. The van der Waals surface area contributed by atoms with E-state index in [0.717, 1.165) is 44.6 Å². The van der Waals surface area contributed by atoms with Crippen LogP contribution < -0.4 is 5.32 Å². The molecule has 1 fully saturated rings. The third kappa shape index (κ3) is 4.42. The lowest BCUT2D eigenvalue weighted by Crippen LogP contribution is -2.38. The van der Waals surface area contributed by atoms with Gasteiger partial charge in [0.1, 0.15) is 11.6 Å². The van der Waals surface area contributed by atoms with Gasteiger partial charge in [-0.25, -0.2) is 8.78 Å². The topological polar surface area (TPSA) is 32.3 Å². The third-order valence-corrected chi connectivity index (χ3v) is 4.80. The first kappa shape index (κ1) is 17.5. The highest BCUT2D eigenvalue weighted by Crippen LogP contribution is 2.23. The molecule has 1 saturated heterocycles. The molecule has 0 atom stereocenters. The summed E-state index contributed by atoms with van der Waals surface area (Å²) in [5, 5.41) is 2.58. The number of likely N-dealkylation sites (tertiary alicyclic amines) is 1. The number of amides is 1. The Morgan fingerprint density at radius 2 is 1.88 bits per heavy atom. The molecule has 1 heterocycles. The summed E-state index contributed by atoms with van der Waals surface area (Å²) >= 11 is 0. The van der Waals surface area contributed by atoms with Gasteiger partial charge in [-0.3, -0.25) is 9.69 Å². The fourth-order valence-electron chi connectivity index (χ4n) is 3.21. The largest absolute Gasteiger partial charge is 0.323 e. The molecule has 3 rings (SSSR count). The quantitative estimate of drug-likeness (QED) is 0.905. The predicted molar refractivity (Wildman–Crippen MR) is 94.2 cm³/mol. The number of carbonyl (C=O) groups is 1. The number of rotatable bonds is 4. The first-order valence-electron chi connectivity index (χ1n) is 8.55. The minimum absolute atomic E-state index is 0.0359. The fraction of sp³-hybridized carbons (Fsp3) is 0.350. The summed E-state index contributed by atoms with van der Waals surface area (Å²) in [6, 6.07) is 11.5. The van der Waals surface area contributed by atoms with Crippen molar-refractivity contribution in [1.82, 2.24) is 4.90 Å². The van der Waals surface area contributed by atoms with Gasteiger partial charge in [-0.1, -0.05) is 24.3 Å². The molecule has 1 amide bonds. The second-order valence-electron chi connectivity index (χ2n) is 6.59.